The molecule has 0 bridgehead atoms. The van der Waals surface area contributed by atoms with Crippen molar-refractivity contribution in [2.75, 3.05) is 7.11 Å². The summed E-state index contributed by atoms with van der Waals surface area (Å²) in [6.45, 7) is 0. The van der Waals surface area contributed by atoms with E-state index in [9.17, 15) is 8.42 Å². The summed E-state index contributed by atoms with van der Waals surface area (Å²) in [5.74, 6) is 0.238. The number of benzene rings is 2. The topological polar surface area (TPSA) is 88.8 Å². The number of hydrogen-bond donors (Lipinski definition) is 1. The molecule has 0 aliphatic rings. The third kappa shape index (κ3) is 4.53. The van der Waals surface area contributed by atoms with Gasteiger partial charge in [0.25, 0.3) is 0 Å². The van der Waals surface area contributed by atoms with Crippen LogP contribution in [0.4, 0.5) is 0 Å². The van der Waals surface area contributed by atoms with Crippen molar-refractivity contribution in [1.82, 2.24) is 0 Å². The Balaban J connectivity index is 0.00000220. The maximum atomic E-state index is 11.3. The van der Waals surface area contributed by atoms with Crippen molar-refractivity contribution < 1.29 is 17.3 Å². The van der Waals surface area contributed by atoms with Crippen LogP contribution in [0.3, 0.4) is 0 Å². The molecule has 0 atom stereocenters. The standard InChI is InChI=1S/C13H12N2O4S.Na/c1-18-12-8-7-11(10-5-3-2-4-6-10)9-13(12)19-20(16,17)15-14;/h2-9,14H,1H3;. The number of methoxy groups -OCH3 is 1. The van der Waals surface area contributed by atoms with Crippen LogP contribution in [0.5, 0.6) is 11.5 Å². The van der Waals surface area contributed by atoms with Crippen molar-refractivity contribution in [3.05, 3.63) is 48.5 Å². The van der Waals surface area contributed by atoms with Crippen LogP contribution in [-0.2, 0) is 10.3 Å². The number of rotatable bonds is 5. The number of nitrogens with one attached hydrogen (secondary N) is 1. The second-order valence-electron chi connectivity index (χ2n) is 3.83. The molecule has 0 amide bonds. The van der Waals surface area contributed by atoms with Gasteiger partial charge in [0.15, 0.2) is 11.5 Å². The predicted molar refractivity (Wildman–Crippen MR) is 78.9 cm³/mol. The van der Waals surface area contributed by atoms with Crippen molar-refractivity contribution in [2.45, 2.75) is 0 Å². The molecule has 105 valence electrons. The smallest absolute Gasteiger partial charge is 0.445 e. The quantitative estimate of drug-likeness (QED) is 0.678. The first kappa shape index (κ1) is 17.6. The van der Waals surface area contributed by atoms with Crippen LogP contribution in [-0.4, -0.2) is 45.1 Å². The molecule has 0 heterocycles. The minimum Gasteiger partial charge on any atom is -0.493 e. The van der Waals surface area contributed by atoms with Crippen LogP contribution >= 0.6 is 0 Å². The molecular weight excluding hydrogens is 303 g/mol. The zero-order valence-corrected chi connectivity index (χ0v) is 14.4. The van der Waals surface area contributed by atoms with Crippen LogP contribution in [0, 0.1) is 5.53 Å². The van der Waals surface area contributed by atoms with E-state index in [-0.39, 0.29) is 41.1 Å². The third-order valence-electron chi connectivity index (χ3n) is 2.58. The minimum atomic E-state index is -4.29. The van der Waals surface area contributed by atoms with E-state index in [0.717, 1.165) is 11.1 Å². The van der Waals surface area contributed by atoms with Gasteiger partial charge < -0.3 is 8.92 Å². The van der Waals surface area contributed by atoms with Gasteiger partial charge in [0.1, 0.15) is 0 Å². The van der Waals surface area contributed by atoms with E-state index < -0.39 is 10.3 Å². The van der Waals surface area contributed by atoms with Crippen molar-refractivity contribution in [2.24, 2.45) is 4.52 Å². The third-order valence-corrected chi connectivity index (χ3v) is 3.19. The normalized spacial score (nSPS) is 10.3. The van der Waals surface area contributed by atoms with Gasteiger partial charge in [-0.1, -0.05) is 36.4 Å². The molecule has 2 aromatic carbocycles. The zero-order chi connectivity index (χ0) is 14.6. The van der Waals surface area contributed by atoms with Gasteiger partial charge in [0, 0.05) is 29.6 Å². The monoisotopic (exact) mass is 315 g/mol. The summed E-state index contributed by atoms with van der Waals surface area (Å²) in [6.07, 6.45) is 0. The van der Waals surface area contributed by atoms with Gasteiger partial charge >= 0.3 is 10.3 Å². The van der Waals surface area contributed by atoms with E-state index in [2.05, 4.69) is 4.52 Å². The number of nitrogens with zero attached hydrogens (tertiary/aromatic N) is 1. The molecule has 1 N–H and O–H groups in total. The van der Waals surface area contributed by atoms with Gasteiger partial charge in [-0.25, -0.2) is 0 Å². The predicted octanol–water partition coefficient (Wildman–Crippen LogP) is 2.64. The van der Waals surface area contributed by atoms with E-state index in [1.165, 1.54) is 13.2 Å². The second kappa shape index (κ2) is 7.56. The molecule has 0 fully saturated rings. The van der Waals surface area contributed by atoms with Crippen molar-refractivity contribution >= 4 is 39.9 Å². The fraction of sp³-hybridized carbons (Fsp3) is 0.0769. The summed E-state index contributed by atoms with van der Waals surface area (Å²) in [5.41, 5.74) is 8.24. The maximum absolute atomic E-state index is 11.3. The Kier molecular flexibility index (Phi) is 6.35. The molecule has 2 rings (SSSR count). The summed E-state index contributed by atoms with van der Waals surface area (Å²) >= 11 is 0. The molecule has 8 heteroatoms. The second-order valence-corrected chi connectivity index (χ2v) is 5.04. The Labute approximate surface area is 145 Å². The van der Waals surface area contributed by atoms with E-state index >= 15 is 0 Å². The number of ether oxygens (including phenoxy) is 1. The molecular formula is C13H12N2NaO4S. The molecule has 6 nitrogen and oxygen atoms in total. The molecule has 2 aromatic rings. The average molecular weight is 315 g/mol. The fourth-order valence-electron chi connectivity index (χ4n) is 1.68. The van der Waals surface area contributed by atoms with Crippen LogP contribution < -0.4 is 8.92 Å². The molecule has 1 radical (unpaired) electrons. The average Bonchev–Trinajstić information content (AvgIpc) is 2.48. The fourth-order valence-corrected chi connectivity index (χ4v) is 2.08. The largest absolute Gasteiger partial charge is 0.493 e. The first-order valence-electron chi connectivity index (χ1n) is 5.62. The van der Waals surface area contributed by atoms with Gasteiger partial charge in [0.2, 0.25) is 0 Å². The van der Waals surface area contributed by atoms with E-state index in [0.29, 0.717) is 0 Å². The Morgan fingerprint density at radius 1 is 1.00 bits per heavy atom. The van der Waals surface area contributed by atoms with Crippen LogP contribution in [0.15, 0.2) is 53.1 Å². The molecule has 0 spiro atoms. The van der Waals surface area contributed by atoms with E-state index in [4.69, 9.17) is 14.5 Å². The minimum absolute atomic E-state index is 0. The van der Waals surface area contributed by atoms with Gasteiger partial charge in [0.05, 0.1) is 7.11 Å². The Bertz CT molecular complexity index is 720. The summed E-state index contributed by atoms with van der Waals surface area (Å²) in [5, 5.41) is 0. The van der Waals surface area contributed by atoms with Gasteiger partial charge in [-0.05, 0) is 27.8 Å². The summed E-state index contributed by atoms with van der Waals surface area (Å²) in [4.78, 5) is 0. The molecule has 0 saturated carbocycles. The molecule has 0 saturated heterocycles. The Hall–Kier alpha value is -1.41. The first-order chi connectivity index (χ1) is 9.55. The van der Waals surface area contributed by atoms with Crippen molar-refractivity contribution in [3.63, 3.8) is 0 Å². The molecule has 21 heavy (non-hydrogen) atoms. The van der Waals surface area contributed by atoms with Crippen LogP contribution in [0.1, 0.15) is 0 Å². The zero-order valence-electron chi connectivity index (χ0n) is 11.6. The summed E-state index contributed by atoms with van der Waals surface area (Å²) in [7, 11) is -2.89. The van der Waals surface area contributed by atoms with E-state index in [1.807, 2.05) is 30.3 Å². The van der Waals surface area contributed by atoms with Gasteiger partial charge in [-0.15, -0.1) is 0 Å². The molecule has 0 aliphatic heterocycles. The summed E-state index contributed by atoms with van der Waals surface area (Å²) < 4.78 is 34.7. The molecule has 0 unspecified atom stereocenters. The molecule has 0 aromatic heterocycles. The Morgan fingerprint density at radius 2 is 1.67 bits per heavy atom. The van der Waals surface area contributed by atoms with Gasteiger partial charge in [-0.3, -0.25) is 0 Å². The SMILES string of the molecule is COc1ccc(-c2ccccc2)cc1OS(=O)(=O)N=N.[Na]. The van der Waals surface area contributed by atoms with Crippen LogP contribution in [0.25, 0.3) is 11.1 Å². The van der Waals surface area contributed by atoms with E-state index in [1.54, 1.807) is 12.1 Å². The Morgan fingerprint density at radius 3 is 2.24 bits per heavy atom. The first-order valence-corrected chi connectivity index (χ1v) is 6.99. The van der Waals surface area contributed by atoms with Gasteiger partial charge in [-0.2, -0.15) is 13.9 Å². The number of hydrogen-bond acceptors (Lipinski definition) is 5. The van der Waals surface area contributed by atoms with Crippen molar-refractivity contribution in [1.29, 1.82) is 5.53 Å². The molecule has 0 aliphatic carbocycles. The van der Waals surface area contributed by atoms with Crippen LogP contribution in [0.2, 0.25) is 0 Å². The summed E-state index contributed by atoms with van der Waals surface area (Å²) in [6, 6.07) is 14.3. The van der Waals surface area contributed by atoms with Crippen molar-refractivity contribution in [3.8, 4) is 22.6 Å². The maximum Gasteiger partial charge on any atom is 0.445 e.